The van der Waals surface area contributed by atoms with Crippen LogP contribution in [-0.4, -0.2) is 21.6 Å². The lowest BCUT2D eigenvalue weighted by Gasteiger charge is -2.11. The van der Waals surface area contributed by atoms with Crippen molar-refractivity contribution in [3.8, 4) is 5.69 Å². The van der Waals surface area contributed by atoms with Crippen molar-refractivity contribution in [3.05, 3.63) is 64.7 Å². The molecule has 0 radical (unpaired) electrons. The summed E-state index contributed by atoms with van der Waals surface area (Å²) in [5.74, 6) is 1.08. The molecule has 0 saturated heterocycles. The average Bonchev–Trinajstić information content (AvgIpc) is 3.39. The van der Waals surface area contributed by atoms with Crippen molar-refractivity contribution in [2.75, 3.05) is 5.32 Å². The van der Waals surface area contributed by atoms with Crippen LogP contribution in [-0.2, 0) is 27.6 Å². The zero-order valence-electron chi connectivity index (χ0n) is 14.1. The maximum atomic E-state index is 12.4. The second-order valence-corrected chi connectivity index (χ2v) is 7.29. The molecule has 3 aromatic rings. The molecule has 7 nitrogen and oxygen atoms in total. The fourth-order valence-electron chi connectivity index (χ4n) is 2.74. The highest BCUT2D eigenvalue weighted by Crippen LogP contribution is 2.36. The molecular formula is C18H15ClN4O3S. The number of rotatable bonds is 4. The Balaban J connectivity index is 1.54. The quantitative estimate of drug-likeness (QED) is 0.654. The van der Waals surface area contributed by atoms with Gasteiger partial charge in [-0.15, -0.1) is 0 Å². The molecule has 0 saturated carbocycles. The summed E-state index contributed by atoms with van der Waals surface area (Å²) in [5, 5.41) is 10.4. The van der Waals surface area contributed by atoms with Crippen molar-refractivity contribution in [1.82, 2.24) is 15.1 Å². The van der Waals surface area contributed by atoms with E-state index in [4.69, 9.17) is 16.0 Å². The molecule has 9 heteroatoms. The maximum absolute atomic E-state index is 12.4. The van der Waals surface area contributed by atoms with Gasteiger partial charge in [0.15, 0.2) is 0 Å². The number of hydrogen-bond acceptors (Lipinski definition) is 5. The van der Waals surface area contributed by atoms with Crippen molar-refractivity contribution < 1.29 is 14.0 Å². The van der Waals surface area contributed by atoms with E-state index in [2.05, 4.69) is 15.7 Å². The number of hydrogen-bond donors (Lipinski definition) is 2. The molecule has 138 valence electrons. The number of carbonyl (C=O) groups is 2. The van der Waals surface area contributed by atoms with Crippen LogP contribution in [0.3, 0.4) is 0 Å². The number of thioether (sulfide) groups is 1. The fourth-order valence-corrected chi connectivity index (χ4v) is 3.90. The van der Waals surface area contributed by atoms with Gasteiger partial charge in [0.05, 0.1) is 24.2 Å². The number of fused-ring (bicyclic) bond motifs is 1. The van der Waals surface area contributed by atoms with Crippen LogP contribution in [0.25, 0.3) is 5.69 Å². The smallest absolute Gasteiger partial charge is 0.314 e. The molecule has 27 heavy (non-hydrogen) atoms. The van der Waals surface area contributed by atoms with Crippen molar-refractivity contribution in [1.29, 1.82) is 0 Å². The van der Waals surface area contributed by atoms with Crippen molar-refractivity contribution in [2.45, 2.75) is 18.1 Å². The van der Waals surface area contributed by atoms with E-state index in [0.29, 0.717) is 16.6 Å². The van der Waals surface area contributed by atoms with Gasteiger partial charge in [0.1, 0.15) is 11.6 Å². The van der Waals surface area contributed by atoms with E-state index in [1.165, 1.54) is 6.26 Å². The lowest BCUT2D eigenvalue weighted by atomic mass is 10.2. The number of halogens is 1. The summed E-state index contributed by atoms with van der Waals surface area (Å²) < 4.78 is 6.78. The molecule has 4 rings (SSSR count). The molecule has 1 aliphatic rings. The second-order valence-electron chi connectivity index (χ2n) is 5.87. The first kappa shape index (κ1) is 17.7. The summed E-state index contributed by atoms with van der Waals surface area (Å²) in [5.41, 5.74) is 2.59. The van der Waals surface area contributed by atoms with E-state index >= 15 is 0 Å². The third-order valence-electron chi connectivity index (χ3n) is 4.06. The predicted molar refractivity (Wildman–Crippen MR) is 103 cm³/mol. The molecule has 0 fully saturated rings. The summed E-state index contributed by atoms with van der Waals surface area (Å²) in [6.45, 7) is 0.143. The minimum absolute atomic E-state index is 0.143. The first-order valence-corrected chi connectivity index (χ1v) is 9.71. The first-order chi connectivity index (χ1) is 13.1. The lowest BCUT2D eigenvalue weighted by molar-refractivity contribution is -0.136. The standard InChI is InChI=1S/C18H15ClN4O3S/c19-11-3-5-12(6-4-11)23-16(14-9-27-10-15(14)22-23)21-18(25)17(24)20-8-13-2-1-7-26-13/h1-7H,8-10H2,(H,20,24)(H,21,25). The van der Waals surface area contributed by atoms with Crippen LogP contribution in [0, 0.1) is 0 Å². The van der Waals surface area contributed by atoms with Gasteiger partial charge >= 0.3 is 11.8 Å². The van der Waals surface area contributed by atoms with Crippen LogP contribution < -0.4 is 10.6 Å². The summed E-state index contributed by atoms with van der Waals surface area (Å²) in [6.07, 6.45) is 1.51. The minimum Gasteiger partial charge on any atom is -0.467 e. The van der Waals surface area contributed by atoms with Gasteiger partial charge in [-0.2, -0.15) is 16.9 Å². The van der Waals surface area contributed by atoms with E-state index in [1.54, 1.807) is 40.7 Å². The van der Waals surface area contributed by atoms with Crippen LogP contribution in [0.4, 0.5) is 5.82 Å². The van der Waals surface area contributed by atoms with E-state index in [9.17, 15) is 9.59 Å². The van der Waals surface area contributed by atoms with Gasteiger partial charge in [-0.1, -0.05) is 11.6 Å². The SMILES string of the molecule is O=C(NCc1ccco1)C(=O)Nc1c2c(nn1-c1ccc(Cl)cc1)CSC2. The van der Waals surface area contributed by atoms with Gasteiger partial charge < -0.3 is 15.1 Å². The average molecular weight is 403 g/mol. The van der Waals surface area contributed by atoms with Crippen molar-refractivity contribution in [2.24, 2.45) is 0 Å². The van der Waals surface area contributed by atoms with E-state index in [1.807, 2.05) is 12.1 Å². The number of anilines is 1. The van der Waals surface area contributed by atoms with E-state index < -0.39 is 11.8 Å². The van der Waals surface area contributed by atoms with Gasteiger partial charge in [-0.3, -0.25) is 9.59 Å². The second kappa shape index (κ2) is 7.50. The van der Waals surface area contributed by atoms with Gasteiger partial charge in [-0.25, -0.2) is 4.68 Å². The highest BCUT2D eigenvalue weighted by Gasteiger charge is 2.26. The maximum Gasteiger partial charge on any atom is 0.314 e. The Bertz CT molecular complexity index is 983. The molecule has 1 aromatic carbocycles. The van der Waals surface area contributed by atoms with Crippen molar-refractivity contribution in [3.63, 3.8) is 0 Å². The van der Waals surface area contributed by atoms with E-state index in [-0.39, 0.29) is 6.54 Å². The number of nitrogens with one attached hydrogen (secondary N) is 2. The molecule has 0 unspecified atom stereocenters. The first-order valence-electron chi connectivity index (χ1n) is 8.18. The third kappa shape index (κ3) is 3.72. The number of benzene rings is 1. The Kier molecular flexibility index (Phi) is 4.91. The van der Waals surface area contributed by atoms with Gasteiger partial charge in [-0.05, 0) is 36.4 Å². The van der Waals surface area contributed by atoms with Crippen LogP contribution in [0.1, 0.15) is 17.0 Å². The highest BCUT2D eigenvalue weighted by molar-refractivity contribution is 7.98. The molecule has 0 bridgehead atoms. The number of aromatic nitrogens is 2. The lowest BCUT2D eigenvalue weighted by Crippen LogP contribution is -2.35. The molecular weight excluding hydrogens is 388 g/mol. The molecule has 2 amide bonds. The predicted octanol–water partition coefficient (Wildman–Crippen LogP) is 3.12. The summed E-state index contributed by atoms with van der Waals surface area (Å²) in [7, 11) is 0. The van der Waals surface area contributed by atoms with Crippen LogP contribution in [0.15, 0.2) is 47.1 Å². The normalized spacial score (nSPS) is 12.6. The molecule has 0 aliphatic carbocycles. The minimum atomic E-state index is -0.753. The van der Waals surface area contributed by atoms with Crippen LogP contribution >= 0.6 is 23.4 Å². The number of furan rings is 1. The van der Waals surface area contributed by atoms with Gasteiger partial charge in [0.25, 0.3) is 0 Å². The van der Waals surface area contributed by atoms with Crippen LogP contribution in [0.5, 0.6) is 0 Å². The third-order valence-corrected chi connectivity index (χ3v) is 5.29. The van der Waals surface area contributed by atoms with Gasteiger partial charge in [0, 0.05) is 22.1 Å². The summed E-state index contributed by atoms with van der Waals surface area (Å²) >= 11 is 7.67. The largest absolute Gasteiger partial charge is 0.467 e. The van der Waals surface area contributed by atoms with E-state index in [0.717, 1.165) is 28.5 Å². The monoisotopic (exact) mass is 402 g/mol. The Labute approximate surface area is 164 Å². The highest BCUT2D eigenvalue weighted by atomic mass is 35.5. The zero-order chi connectivity index (χ0) is 18.8. The number of nitrogens with zero attached hydrogens (tertiary/aromatic N) is 2. The molecule has 2 N–H and O–H groups in total. The summed E-state index contributed by atoms with van der Waals surface area (Å²) in [4.78, 5) is 24.5. The molecule has 0 spiro atoms. The Morgan fingerprint density at radius 2 is 2.00 bits per heavy atom. The fraction of sp³-hybridized carbons (Fsp3) is 0.167. The number of carbonyl (C=O) groups excluding carboxylic acids is 2. The molecule has 3 heterocycles. The van der Waals surface area contributed by atoms with Crippen molar-refractivity contribution >= 4 is 41.0 Å². The molecule has 1 aliphatic heterocycles. The Morgan fingerprint density at radius 3 is 2.74 bits per heavy atom. The topological polar surface area (TPSA) is 89.2 Å². The molecule has 0 atom stereocenters. The molecule has 2 aromatic heterocycles. The summed E-state index contributed by atoms with van der Waals surface area (Å²) in [6, 6.07) is 10.6. The van der Waals surface area contributed by atoms with Gasteiger partial charge in [0.2, 0.25) is 0 Å². The Morgan fingerprint density at radius 1 is 1.19 bits per heavy atom. The van der Waals surface area contributed by atoms with Crippen LogP contribution in [0.2, 0.25) is 5.02 Å². The number of amides is 2. The Hall–Kier alpha value is -2.71. The zero-order valence-corrected chi connectivity index (χ0v) is 15.6.